The Balaban J connectivity index is 3.23. The van der Waals surface area contributed by atoms with E-state index in [4.69, 9.17) is 11.6 Å². The van der Waals surface area contributed by atoms with Crippen LogP contribution >= 0.6 is 11.6 Å². The first-order valence-corrected chi connectivity index (χ1v) is 6.52. The minimum absolute atomic E-state index is 0.0204. The summed E-state index contributed by atoms with van der Waals surface area (Å²) in [5.41, 5.74) is -1.19. The molecule has 0 aromatic heterocycles. The maximum absolute atomic E-state index is 12.6. The van der Waals surface area contributed by atoms with Crippen molar-refractivity contribution in [1.29, 1.82) is 0 Å². The summed E-state index contributed by atoms with van der Waals surface area (Å²) < 4.78 is 62.9. The summed E-state index contributed by atoms with van der Waals surface area (Å²) in [5, 5.41) is 0. The number of halogens is 4. The van der Waals surface area contributed by atoms with E-state index in [1.54, 1.807) is 0 Å². The predicted octanol–water partition coefficient (Wildman–Crippen LogP) is 2.22. The van der Waals surface area contributed by atoms with Gasteiger partial charge in [0.2, 0.25) is 10.0 Å². The zero-order valence-electron chi connectivity index (χ0n) is 8.46. The van der Waals surface area contributed by atoms with Gasteiger partial charge in [-0.2, -0.15) is 13.2 Å². The molecule has 0 unspecified atom stereocenters. The summed E-state index contributed by atoms with van der Waals surface area (Å²) in [7, 11) is -4.19. The van der Waals surface area contributed by atoms with Crippen molar-refractivity contribution in [3.63, 3.8) is 0 Å². The molecule has 0 heterocycles. The molecular weight excluding hydrogens is 279 g/mol. The Kier molecular flexibility index (Phi) is 4.40. The topological polar surface area (TPSA) is 46.2 Å². The molecule has 0 saturated heterocycles. The molecule has 0 aliphatic carbocycles. The average molecular weight is 288 g/mol. The quantitative estimate of drug-likeness (QED) is 0.863. The molecular formula is C9H9ClF3NO2S. The van der Waals surface area contributed by atoms with E-state index < -0.39 is 26.7 Å². The third-order valence-electron chi connectivity index (χ3n) is 1.87. The molecule has 0 aliphatic heterocycles. The molecule has 0 fully saturated rings. The molecule has 96 valence electrons. The third-order valence-corrected chi connectivity index (χ3v) is 3.58. The molecule has 8 heteroatoms. The van der Waals surface area contributed by atoms with Crippen LogP contribution in [0.25, 0.3) is 0 Å². The highest BCUT2D eigenvalue weighted by atomic mass is 35.5. The summed E-state index contributed by atoms with van der Waals surface area (Å²) in [4.78, 5) is -0.794. The highest BCUT2D eigenvalue weighted by molar-refractivity contribution is 7.89. The van der Waals surface area contributed by atoms with Crippen LogP contribution in [0.1, 0.15) is 5.56 Å². The minimum Gasteiger partial charge on any atom is -0.210 e. The fraction of sp³-hybridized carbons (Fsp3) is 0.333. The maximum Gasteiger partial charge on any atom is 0.417 e. The Labute approximate surface area is 102 Å². The van der Waals surface area contributed by atoms with Crippen LogP contribution in [0.4, 0.5) is 13.2 Å². The predicted molar refractivity (Wildman–Crippen MR) is 57.4 cm³/mol. The second kappa shape index (κ2) is 5.24. The Morgan fingerprint density at radius 2 is 1.82 bits per heavy atom. The van der Waals surface area contributed by atoms with Crippen LogP contribution in [0, 0.1) is 0 Å². The lowest BCUT2D eigenvalue weighted by Crippen LogP contribution is -2.27. The van der Waals surface area contributed by atoms with Gasteiger partial charge in [-0.25, -0.2) is 13.1 Å². The fourth-order valence-corrected chi connectivity index (χ4v) is 2.65. The lowest BCUT2D eigenvalue weighted by molar-refractivity contribution is -0.139. The van der Waals surface area contributed by atoms with E-state index in [1.165, 1.54) is 6.07 Å². The van der Waals surface area contributed by atoms with Crippen molar-refractivity contribution in [2.24, 2.45) is 0 Å². The van der Waals surface area contributed by atoms with Crippen LogP contribution in [0.3, 0.4) is 0 Å². The summed E-state index contributed by atoms with van der Waals surface area (Å²) >= 11 is 5.28. The number of benzene rings is 1. The molecule has 0 spiro atoms. The van der Waals surface area contributed by atoms with E-state index in [2.05, 4.69) is 0 Å². The molecule has 0 radical (unpaired) electrons. The van der Waals surface area contributed by atoms with Crippen molar-refractivity contribution in [3.8, 4) is 0 Å². The first-order chi connectivity index (χ1) is 7.79. The summed E-state index contributed by atoms with van der Waals surface area (Å²) in [6.45, 7) is -0.129. The first-order valence-electron chi connectivity index (χ1n) is 4.51. The lowest BCUT2D eigenvalue weighted by atomic mass is 10.2. The first kappa shape index (κ1) is 14.3. The fourth-order valence-electron chi connectivity index (χ4n) is 1.19. The number of sulfonamides is 1. The van der Waals surface area contributed by atoms with Gasteiger partial charge in [-0.3, -0.25) is 0 Å². The molecule has 0 atom stereocenters. The van der Waals surface area contributed by atoms with Crippen molar-refractivity contribution in [3.05, 3.63) is 29.8 Å². The third kappa shape index (κ3) is 3.58. The van der Waals surface area contributed by atoms with Gasteiger partial charge in [0.05, 0.1) is 10.5 Å². The minimum atomic E-state index is -4.72. The average Bonchev–Trinajstić information content (AvgIpc) is 2.25. The highest BCUT2D eigenvalue weighted by Crippen LogP contribution is 2.33. The molecule has 1 aromatic rings. The Bertz CT molecular complexity index is 487. The van der Waals surface area contributed by atoms with Gasteiger partial charge in [-0.15, -0.1) is 11.6 Å². The van der Waals surface area contributed by atoms with Crippen molar-refractivity contribution >= 4 is 21.6 Å². The summed E-state index contributed by atoms with van der Waals surface area (Å²) in [6.07, 6.45) is -4.72. The van der Waals surface area contributed by atoms with Crippen molar-refractivity contribution in [2.75, 3.05) is 12.4 Å². The lowest BCUT2D eigenvalue weighted by Gasteiger charge is -2.13. The SMILES string of the molecule is O=S(=O)(NCCCl)c1ccccc1C(F)(F)F. The largest absolute Gasteiger partial charge is 0.417 e. The molecule has 1 rings (SSSR count). The molecule has 0 amide bonds. The molecule has 1 aromatic carbocycles. The normalized spacial score (nSPS) is 12.7. The second-order valence-electron chi connectivity index (χ2n) is 3.08. The number of nitrogens with one attached hydrogen (secondary N) is 1. The van der Waals surface area contributed by atoms with E-state index in [0.29, 0.717) is 0 Å². The van der Waals surface area contributed by atoms with Crippen LogP contribution in [0.5, 0.6) is 0 Å². The molecule has 0 bridgehead atoms. The van der Waals surface area contributed by atoms with Crippen molar-refractivity contribution in [2.45, 2.75) is 11.1 Å². The van der Waals surface area contributed by atoms with E-state index in [-0.39, 0.29) is 12.4 Å². The monoisotopic (exact) mass is 287 g/mol. The van der Waals surface area contributed by atoms with Crippen molar-refractivity contribution in [1.82, 2.24) is 4.72 Å². The van der Waals surface area contributed by atoms with Gasteiger partial charge in [0.15, 0.2) is 0 Å². The number of hydrogen-bond donors (Lipinski definition) is 1. The van der Waals surface area contributed by atoms with Gasteiger partial charge in [0.25, 0.3) is 0 Å². The van der Waals surface area contributed by atoms with Crippen LogP contribution in [-0.2, 0) is 16.2 Å². The van der Waals surface area contributed by atoms with Crippen molar-refractivity contribution < 1.29 is 21.6 Å². The van der Waals surface area contributed by atoms with E-state index in [0.717, 1.165) is 18.2 Å². The van der Waals surface area contributed by atoms with Gasteiger partial charge in [0, 0.05) is 12.4 Å². The molecule has 3 nitrogen and oxygen atoms in total. The smallest absolute Gasteiger partial charge is 0.210 e. The van der Waals surface area contributed by atoms with Gasteiger partial charge in [0.1, 0.15) is 0 Å². The van der Waals surface area contributed by atoms with Crippen LogP contribution in [0.2, 0.25) is 0 Å². The van der Waals surface area contributed by atoms with Gasteiger partial charge in [-0.1, -0.05) is 12.1 Å². The number of hydrogen-bond acceptors (Lipinski definition) is 2. The summed E-state index contributed by atoms with van der Waals surface area (Å²) in [6, 6.07) is 3.97. The van der Waals surface area contributed by atoms with Crippen LogP contribution in [-0.4, -0.2) is 20.8 Å². The Morgan fingerprint density at radius 3 is 2.35 bits per heavy atom. The standard InChI is InChI=1S/C9H9ClF3NO2S/c10-5-6-14-17(15,16)8-4-2-1-3-7(8)9(11,12)13/h1-4,14H,5-6H2. The molecule has 17 heavy (non-hydrogen) atoms. The van der Waals surface area contributed by atoms with E-state index in [1.807, 2.05) is 4.72 Å². The molecule has 1 N–H and O–H groups in total. The van der Waals surface area contributed by atoms with Crippen LogP contribution in [0.15, 0.2) is 29.2 Å². The van der Waals surface area contributed by atoms with Gasteiger partial charge >= 0.3 is 6.18 Å². The Hall–Kier alpha value is -0.790. The van der Waals surface area contributed by atoms with E-state index in [9.17, 15) is 21.6 Å². The van der Waals surface area contributed by atoms with Gasteiger partial charge in [-0.05, 0) is 12.1 Å². The molecule has 0 saturated carbocycles. The Morgan fingerprint density at radius 1 is 1.24 bits per heavy atom. The highest BCUT2D eigenvalue weighted by Gasteiger charge is 2.36. The second-order valence-corrected chi connectivity index (χ2v) is 5.19. The number of alkyl halides is 4. The van der Waals surface area contributed by atoms with Crippen LogP contribution < -0.4 is 4.72 Å². The molecule has 0 aliphatic rings. The summed E-state index contributed by atoms with van der Waals surface area (Å²) in [5.74, 6) is -0.0204. The maximum atomic E-state index is 12.6. The zero-order valence-corrected chi connectivity index (χ0v) is 10.0. The van der Waals surface area contributed by atoms with E-state index >= 15 is 0 Å². The van der Waals surface area contributed by atoms with Gasteiger partial charge < -0.3 is 0 Å². The zero-order chi connectivity index (χ0) is 13.1. The number of rotatable bonds is 4.